The highest BCUT2D eigenvalue weighted by molar-refractivity contribution is 5.74. The number of nitrogens with zero attached hydrogens (tertiary/aromatic N) is 1. The van der Waals surface area contributed by atoms with E-state index in [0.29, 0.717) is 19.4 Å². The number of aromatic nitrogens is 1. The van der Waals surface area contributed by atoms with Gasteiger partial charge < -0.3 is 9.30 Å². The Morgan fingerprint density at radius 3 is 2.67 bits per heavy atom. The molecule has 0 spiro atoms. The first kappa shape index (κ1) is 18.8. The Hall–Kier alpha value is -1.50. The molecule has 0 saturated carbocycles. The largest absolute Gasteiger partial charge is 0.464 e. The van der Waals surface area contributed by atoms with Gasteiger partial charge in [-0.2, -0.15) is 13.2 Å². The summed E-state index contributed by atoms with van der Waals surface area (Å²) >= 11 is 0. The molecule has 0 aliphatic carbocycles. The summed E-state index contributed by atoms with van der Waals surface area (Å²) in [6, 6.07) is 0.851. The molecule has 1 aromatic heterocycles. The highest BCUT2D eigenvalue weighted by Crippen LogP contribution is 2.45. The van der Waals surface area contributed by atoms with E-state index >= 15 is 0 Å². The second kappa shape index (κ2) is 7.17. The van der Waals surface area contributed by atoms with Crippen LogP contribution in [0.2, 0.25) is 0 Å². The molecule has 2 unspecified atom stereocenters. The van der Waals surface area contributed by atoms with Gasteiger partial charge in [0.25, 0.3) is 0 Å². The third kappa shape index (κ3) is 3.61. The number of hydrogen-bond donors (Lipinski definition) is 1. The number of hydrogen-bond acceptors (Lipinski definition) is 3. The van der Waals surface area contributed by atoms with Crippen LogP contribution in [0.15, 0.2) is 18.5 Å². The molecule has 2 atom stereocenters. The van der Waals surface area contributed by atoms with E-state index in [2.05, 4.69) is 5.32 Å². The Morgan fingerprint density at radius 2 is 2.17 bits per heavy atom. The monoisotopic (exact) mass is 346 g/mol. The van der Waals surface area contributed by atoms with Crippen LogP contribution in [0.25, 0.3) is 0 Å². The topological polar surface area (TPSA) is 43.3 Å². The smallest absolute Gasteiger partial charge is 0.410 e. The van der Waals surface area contributed by atoms with Crippen molar-refractivity contribution in [3.05, 3.63) is 24.0 Å². The number of esters is 1. The van der Waals surface area contributed by atoms with Gasteiger partial charge in [-0.1, -0.05) is 13.8 Å². The molecule has 1 aliphatic rings. The summed E-state index contributed by atoms with van der Waals surface area (Å²) < 4.78 is 47.6. The summed E-state index contributed by atoms with van der Waals surface area (Å²) in [4.78, 5) is 12.2. The Labute approximate surface area is 140 Å². The number of carbonyl (C=O) groups excluding carboxylic acids is 1. The lowest BCUT2D eigenvalue weighted by atomic mass is 9.90. The van der Waals surface area contributed by atoms with Crippen molar-refractivity contribution in [1.82, 2.24) is 9.88 Å². The quantitative estimate of drug-likeness (QED) is 0.797. The molecule has 0 radical (unpaired) electrons. The maximum Gasteiger partial charge on any atom is 0.410 e. The van der Waals surface area contributed by atoms with Crippen LogP contribution in [0.5, 0.6) is 0 Å². The first-order valence-electron chi connectivity index (χ1n) is 8.37. The first-order chi connectivity index (χ1) is 11.2. The van der Waals surface area contributed by atoms with E-state index in [9.17, 15) is 18.0 Å². The molecule has 7 heteroatoms. The number of ether oxygens (including phenoxy) is 1. The molecule has 24 heavy (non-hydrogen) atoms. The van der Waals surface area contributed by atoms with Gasteiger partial charge in [-0.05, 0) is 50.3 Å². The molecule has 1 fully saturated rings. The van der Waals surface area contributed by atoms with Gasteiger partial charge in [0, 0.05) is 12.4 Å². The van der Waals surface area contributed by atoms with Gasteiger partial charge in [0.1, 0.15) is 11.6 Å². The van der Waals surface area contributed by atoms with Crippen LogP contribution in [0.1, 0.15) is 51.6 Å². The van der Waals surface area contributed by atoms with E-state index in [1.54, 1.807) is 17.7 Å². The number of alkyl halides is 3. The molecule has 0 amide bonds. The maximum atomic E-state index is 13.6. The Balaban J connectivity index is 2.34. The van der Waals surface area contributed by atoms with E-state index in [0.717, 1.165) is 0 Å². The molecule has 1 N–H and O–H groups in total. The predicted molar refractivity (Wildman–Crippen MR) is 84.5 cm³/mol. The van der Waals surface area contributed by atoms with Crippen LogP contribution in [-0.4, -0.2) is 29.9 Å². The van der Waals surface area contributed by atoms with Crippen LogP contribution in [0.4, 0.5) is 13.2 Å². The second-order valence-corrected chi connectivity index (χ2v) is 6.68. The minimum absolute atomic E-state index is 0.00870. The zero-order chi connectivity index (χ0) is 18.0. The molecule has 2 rings (SSSR count). The molecular formula is C17H25F3N2O2. The molecule has 0 aromatic carbocycles. The summed E-state index contributed by atoms with van der Waals surface area (Å²) in [7, 11) is 0. The molecule has 0 bridgehead atoms. The first-order valence-corrected chi connectivity index (χ1v) is 8.37. The average molecular weight is 346 g/mol. The van der Waals surface area contributed by atoms with Crippen molar-refractivity contribution in [1.29, 1.82) is 0 Å². The highest BCUT2D eigenvalue weighted by Gasteiger charge is 2.57. The van der Waals surface area contributed by atoms with Crippen LogP contribution in [0, 0.1) is 5.92 Å². The summed E-state index contributed by atoms with van der Waals surface area (Å²) in [5.41, 5.74) is -1.86. The van der Waals surface area contributed by atoms with Crippen molar-refractivity contribution >= 4 is 5.97 Å². The zero-order valence-electron chi connectivity index (χ0n) is 14.3. The van der Waals surface area contributed by atoms with Gasteiger partial charge in [-0.3, -0.25) is 5.32 Å². The van der Waals surface area contributed by atoms with Crippen molar-refractivity contribution in [2.45, 2.75) is 57.8 Å². The SMILES string of the molecule is CCOC(=O)C(CC(C)C)n1ccc(C2(C(F)(F)F)CCCN2)c1. The molecule has 4 nitrogen and oxygen atoms in total. The van der Waals surface area contributed by atoms with Gasteiger partial charge >= 0.3 is 12.1 Å². The van der Waals surface area contributed by atoms with Gasteiger partial charge in [-0.15, -0.1) is 0 Å². The van der Waals surface area contributed by atoms with E-state index in [-0.39, 0.29) is 24.5 Å². The minimum atomic E-state index is -4.38. The van der Waals surface area contributed by atoms with Crippen LogP contribution in [0.3, 0.4) is 0 Å². The summed E-state index contributed by atoms with van der Waals surface area (Å²) in [6.07, 6.45) is -0.401. The zero-order valence-corrected chi connectivity index (χ0v) is 14.3. The summed E-state index contributed by atoms with van der Waals surface area (Å²) in [6.45, 7) is 6.22. The molecule has 1 saturated heterocycles. The lowest BCUT2D eigenvalue weighted by molar-refractivity contribution is -0.196. The molecular weight excluding hydrogens is 321 g/mol. The van der Waals surface area contributed by atoms with E-state index in [1.165, 1.54) is 12.3 Å². The fraction of sp³-hybridized carbons (Fsp3) is 0.706. The highest BCUT2D eigenvalue weighted by atomic mass is 19.4. The molecule has 1 aliphatic heterocycles. The Morgan fingerprint density at radius 1 is 1.46 bits per heavy atom. The third-order valence-corrected chi connectivity index (χ3v) is 4.46. The normalized spacial score (nSPS) is 22.8. The average Bonchev–Trinajstić information content (AvgIpc) is 3.13. The Kier molecular flexibility index (Phi) is 5.63. The number of halogens is 3. The second-order valence-electron chi connectivity index (χ2n) is 6.68. The van der Waals surface area contributed by atoms with E-state index in [4.69, 9.17) is 4.74 Å². The standard InChI is InChI=1S/C17H25F3N2O2/c1-4-24-15(23)14(10-12(2)3)22-9-6-13(11-22)16(17(18,19)20)7-5-8-21-16/h6,9,11-12,14,21H,4-5,7-8,10H2,1-3H3. The molecule has 1 aromatic rings. The van der Waals surface area contributed by atoms with Crippen molar-refractivity contribution < 1.29 is 22.7 Å². The van der Waals surface area contributed by atoms with E-state index < -0.39 is 23.7 Å². The molecule has 2 heterocycles. The Bertz CT molecular complexity index is 560. The summed E-state index contributed by atoms with van der Waals surface area (Å²) in [5, 5.41) is 2.62. The third-order valence-electron chi connectivity index (χ3n) is 4.46. The van der Waals surface area contributed by atoms with Gasteiger partial charge in [0.05, 0.1) is 6.61 Å². The van der Waals surface area contributed by atoms with Crippen molar-refractivity contribution in [2.24, 2.45) is 5.92 Å². The van der Waals surface area contributed by atoms with Crippen molar-refractivity contribution in [3.63, 3.8) is 0 Å². The number of nitrogens with one attached hydrogen (secondary N) is 1. The van der Waals surface area contributed by atoms with Crippen molar-refractivity contribution in [3.8, 4) is 0 Å². The number of carbonyl (C=O) groups is 1. The van der Waals surface area contributed by atoms with Gasteiger partial charge in [-0.25, -0.2) is 4.79 Å². The molecule has 136 valence electrons. The lowest BCUT2D eigenvalue weighted by Gasteiger charge is -2.31. The lowest BCUT2D eigenvalue weighted by Crippen LogP contribution is -2.49. The number of rotatable bonds is 6. The minimum Gasteiger partial charge on any atom is -0.464 e. The van der Waals surface area contributed by atoms with Gasteiger partial charge in [0.15, 0.2) is 0 Å². The van der Waals surface area contributed by atoms with E-state index in [1.807, 2.05) is 13.8 Å². The van der Waals surface area contributed by atoms with Gasteiger partial charge in [0.2, 0.25) is 0 Å². The fourth-order valence-electron chi connectivity index (χ4n) is 3.28. The predicted octanol–water partition coefficient (Wildman–Crippen LogP) is 3.78. The van der Waals surface area contributed by atoms with Crippen LogP contribution < -0.4 is 5.32 Å². The maximum absolute atomic E-state index is 13.6. The fourth-order valence-corrected chi connectivity index (χ4v) is 3.28. The summed E-state index contributed by atoms with van der Waals surface area (Å²) in [5.74, 6) is -0.194. The van der Waals surface area contributed by atoms with Crippen LogP contribution in [-0.2, 0) is 15.1 Å². The van der Waals surface area contributed by atoms with Crippen molar-refractivity contribution in [2.75, 3.05) is 13.2 Å². The van der Waals surface area contributed by atoms with Crippen LogP contribution >= 0.6 is 0 Å².